The lowest BCUT2D eigenvalue weighted by atomic mass is 9.88. The second-order valence-electron chi connectivity index (χ2n) is 5.37. The van der Waals surface area contributed by atoms with Gasteiger partial charge in [0.25, 0.3) is 0 Å². The molecule has 2 unspecified atom stereocenters. The Morgan fingerprint density at radius 2 is 1.94 bits per heavy atom. The molecular formula is C12H21NO3. The molecule has 0 aromatic heterocycles. The van der Waals surface area contributed by atoms with Crippen LogP contribution in [0.25, 0.3) is 0 Å². The molecule has 1 saturated heterocycles. The number of carboxylic acids is 1. The van der Waals surface area contributed by atoms with Crippen molar-refractivity contribution in [2.75, 3.05) is 13.1 Å². The number of nitrogens with zero attached hydrogens (tertiary/aromatic N) is 1. The number of carbonyl (C=O) groups is 2. The maximum Gasteiger partial charge on any atom is 0.308 e. The van der Waals surface area contributed by atoms with E-state index in [1.54, 1.807) is 4.90 Å². The first-order chi connectivity index (χ1) is 7.29. The van der Waals surface area contributed by atoms with Crippen LogP contribution >= 0.6 is 0 Å². The van der Waals surface area contributed by atoms with Crippen molar-refractivity contribution < 1.29 is 14.7 Å². The highest BCUT2D eigenvalue weighted by Gasteiger charge is 2.40. The summed E-state index contributed by atoms with van der Waals surface area (Å²) in [6.45, 7) is 8.62. The van der Waals surface area contributed by atoms with Crippen LogP contribution in [0.5, 0.6) is 0 Å². The van der Waals surface area contributed by atoms with Gasteiger partial charge in [0.15, 0.2) is 0 Å². The number of hydrogen-bond donors (Lipinski definition) is 1. The summed E-state index contributed by atoms with van der Waals surface area (Å²) in [6.07, 6.45) is 0.772. The summed E-state index contributed by atoms with van der Waals surface area (Å²) in [6, 6.07) is 0. The molecule has 1 aliphatic rings. The fraction of sp³-hybridized carbons (Fsp3) is 0.833. The monoisotopic (exact) mass is 227 g/mol. The van der Waals surface area contributed by atoms with Crippen molar-refractivity contribution in [3.05, 3.63) is 0 Å². The average Bonchev–Trinajstić information content (AvgIpc) is 2.59. The first kappa shape index (κ1) is 13.0. The van der Waals surface area contributed by atoms with Crippen LogP contribution in [0.15, 0.2) is 0 Å². The third kappa shape index (κ3) is 2.36. The van der Waals surface area contributed by atoms with Gasteiger partial charge in [0.05, 0.1) is 5.92 Å². The largest absolute Gasteiger partial charge is 0.481 e. The third-order valence-electron chi connectivity index (χ3n) is 3.68. The molecule has 0 saturated carbocycles. The molecule has 1 rings (SSSR count). The molecule has 1 amide bonds. The van der Waals surface area contributed by atoms with Crippen molar-refractivity contribution in [2.24, 2.45) is 17.3 Å². The van der Waals surface area contributed by atoms with E-state index < -0.39 is 11.9 Å². The maximum atomic E-state index is 12.1. The van der Waals surface area contributed by atoms with Crippen LogP contribution in [-0.2, 0) is 9.59 Å². The van der Waals surface area contributed by atoms with Gasteiger partial charge in [0.2, 0.25) is 5.91 Å². The fourth-order valence-corrected chi connectivity index (χ4v) is 2.03. The molecule has 0 spiro atoms. The molecular weight excluding hydrogens is 206 g/mol. The summed E-state index contributed by atoms with van der Waals surface area (Å²) in [5, 5.41) is 9.01. The zero-order valence-corrected chi connectivity index (χ0v) is 10.5. The molecule has 1 fully saturated rings. The van der Waals surface area contributed by atoms with E-state index in [-0.39, 0.29) is 17.2 Å². The van der Waals surface area contributed by atoms with Crippen molar-refractivity contribution in [3.8, 4) is 0 Å². The summed E-state index contributed by atoms with van der Waals surface area (Å²) in [4.78, 5) is 24.8. The van der Waals surface area contributed by atoms with E-state index in [1.807, 2.05) is 27.7 Å². The van der Waals surface area contributed by atoms with Gasteiger partial charge in [0, 0.05) is 18.5 Å². The molecule has 0 aromatic carbocycles. The molecule has 0 aromatic rings. The van der Waals surface area contributed by atoms with Crippen molar-refractivity contribution in [3.63, 3.8) is 0 Å². The van der Waals surface area contributed by atoms with Crippen LogP contribution < -0.4 is 0 Å². The zero-order valence-electron chi connectivity index (χ0n) is 10.5. The molecule has 92 valence electrons. The Morgan fingerprint density at radius 3 is 2.31 bits per heavy atom. The number of carbonyl (C=O) groups excluding carboxylic acids is 1. The molecule has 0 radical (unpaired) electrons. The van der Waals surface area contributed by atoms with Gasteiger partial charge in [-0.05, 0) is 12.3 Å². The minimum absolute atomic E-state index is 0.0501. The molecule has 1 N–H and O–H groups in total. The van der Waals surface area contributed by atoms with Gasteiger partial charge in [-0.1, -0.05) is 27.7 Å². The summed E-state index contributed by atoms with van der Waals surface area (Å²) in [5.74, 6) is -1.08. The Bertz CT molecular complexity index is 299. The number of hydrogen-bond acceptors (Lipinski definition) is 2. The topological polar surface area (TPSA) is 57.6 Å². The summed E-state index contributed by atoms with van der Waals surface area (Å²) >= 11 is 0. The van der Waals surface area contributed by atoms with Gasteiger partial charge >= 0.3 is 5.97 Å². The van der Waals surface area contributed by atoms with Gasteiger partial charge in [-0.3, -0.25) is 9.59 Å². The molecule has 0 bridgehead atoms. The Balaban J connectivity index is 2.72. The van der Waals surface area contributed by atoms with Crippen LogP contribution in [0, 0.1) is 17.3 Å². The van der Waals surface area contributed by atoms with Gasteiger partial charge in [-0.2, -0.15) is 0 Å². The van der Waals surface area contributed by atoms with E-state index in [4.69, 9.17) is 5.11 Å². The van der Waals surface area contributed by atoms with Gasteiger partial charge in [0.1, 0.15) is 0 Å². The second kappa shape index (κ2) is 4.44. The van der Waals surface area contributed by atoms with Crippen LogP contribution in [0.2, 0.25) is 0 Å². The van der Waals surface area contributed by atoms with E-state index >= 15 is 0 Å². The summed E-state index contributed by atoms with van der Waals surface area (Å²) in [5.41, 5.74) is -0.382. The molecule has 1 aliphatic heterocycles. The van der Waals surface area contributed by atoms with Crippen molar-refractivity contribution in [2.45, 2.75) is 34.1 Å². The Hall–Kier alpha value is -1.06. The Labute approximate surface area is 96.6 Å². The highest BCUT2D eigenvalue weighted by atomic mass is 16.4. The zero-order chi connectivity index (χ0) is 12.5. The van der Waals surface area contributed by atoms with Crippen LogP contribution in [0.4, 0.5) is 0 Å². The molecule has 1 heterocycles. The smallest absolute Gasteiger partial charge is 0.308 e. The van der Waals surface area contributed by atoms with Crippen LogP contribution in [0.1, 0.15) is 34.1 Å². The predicted octanol–water partition coefficient (Wildman–Crippen LogP) is 1.60. The lowest BCUT2D eigenvalue weighted by Crippen LogP contribution is -2.39. The Kier molecular flexibility index (Phi) is 3.61. The average molecular weight is 227 g/mol. The molecule has 4 heteroatoms. The van der Waals surface area contributed by atoms with Gasteiger partial charge in [-0.25, -0.2) is 0 Å². The quantitative estimate of drug-likeness (QED) is 0.796. The summed E-state index contributed by atoms with van der Waals surface area (Å²) in [7, 11) is 0. The molecule has 16 heavy (non-hydrogen) atoms. The first-order valence-corrected chi connectivity index (χ1v) is 5.81. The lowest BCUT2D eigenvalue weighted by molar-refractivity contribution is -0.143. The van der Waals surface area contributed by atoms with Crippen molar-refractivity contribution in [1.82, 2.24) is 4.90 Å². The third-order valence-corrected chi connectivity index (χ3v) is 3.68. The number of aliphatic carboxylic acids is 1. The minimum Gasteiger partial charge on any atom is -0.481 e. The van der Waals surface area contributed by atoms with Crippen LogP contribution in [0.3, 0.4) is 0 Å². The number of amides is 1. The predicted molar refractivity (Wildman–Crippen MR) is 60.9 cm³/mol. The lowest BCUT2D eigenvalue weighted by Gasteiger charge is -2.28. The number of likely N-dealkylation sites (tertiary alicyclic amines) is 1. The van der Waals surface area contributed by atoms with E-state index in [0.29, 0.717) is 13.1 Å². The van der Waals surface area contributed by atoms with Gasteiger partial charge in [-0.15, -0.1) is 0 Å². The van der Waals surface area contributed by atoms with E-state index in [0.717, 1.165) is 6.42 Å². The minimum atomic E-state index is -0.794. The molecule has 4 nitrogen and oxygen atoms in total. The van der Waals surface area contributed by atoms with Crippen LogP contribution in [-0.4, -0.2) is 35.0 Å². The second-order valence-corrected chi connectivity index (χ2v) is 5.37. The highest BCUT2D eigenvalue weighted by Crippen LogP contribution is 2.29. The van der Waals surface area contributed by atoms with Crippen molar-refractivity contribution in [1.29, 1.82) is 0 Å². The van der Waals surface area contributed by atoms with Crippen molar-refractivity contribution >= 4 is 11.9 Å². The molecule has 2 atom stereocenters. The standard InChI is InChI=1S/C12H21NO3/c1-5-12(3,4)11(16)13-6-8(2)9(7-13)10(14)15/h8-9H,5-7H2,1-4H3,(H,14,15). The van der Waals surface area contributed by atoms with E-state index in [2.05, 4.69) is 0 Å². The highest BCUT2D eigenvalue weighted by molar-refractivity contribution is 5.83. The van der Waals surface area contributed by atoms with Gasteiger partial charge < -0.3 is 10.0 Å². The summed E-state index contributed by atoms with van der Waals surface area (Å²) < 4.78 is 0. The van der Waals surface area contributed by atoms with E-state index in [9.17, 15) is 9.59 Å². The number of carboxylic acid groups (broad SMARTS) is 1. The molecule has 0 aliphatic carbocycles. The normalized spacial score (nSPS) is 25.9. The SMILES string of the molecule is CCC(C)(C)C(=O)N1CC(C)C(C(=O)O)C1. The maximum absolute atomic E-state index is 12.1. The first-order valence-electron chi connectivity index (χ1n) is 5.81. The Morgan fingerprint density at radius 1 is 1.38 bits per heavy atom. The fourth-order valence-electron chi connectivity index (χ4n) is 2.03. The number of rotatable bonds is 3. The van der Waals surface area contributed by atoms with E-state index in [1.165, 1.54) is 0 Å².